The van der Waals surface area contributed by atoms with Gasteiger partial charge in [-0.25, -0.2) is 0 Å². The third kappa shape index (κ3) is 14.5. The molecule has 3 heteroatoms. The minimum atomic E-state index is -1.09. The fraction of sp³-hybridized carbons (Fsp3) is 0.690. The molecular formula is C29H50O3. The van der Waals surface area contributed by atoms with Crippen molar-refractivity contribution in [1.29, 1.82) is 0 Å². The molecule has 0 aliphatic heterocycles. The molecule has 0 aliphatic carbocycles. The minimum Gasteiger partial charge on any atom is -0.481 e. The van der Waals surface area contributed by atoms with Crippen LogP contribution in [0, 0.1) is 29.1 Å². The van der Waals surface area contributed by atoms with Gasteiger partial charge in [0.25, 0.3) is 0 Å². The summed E-state index contributed by atoms with van der Waals surface area (Å²) in [5.74, 6) is 1.30. The van der Waals surface area contributed by atoms with Gasteiger partial charge < -0.3 is 10.2 Å². The maximum absolute atomic E-state index is 11.2. The van der Waals surface area contributed by atoms with Crippen LogP contribution in [0.15, 0.2) is 48.1 Å². The van der Waals surface area contributed by atoms with Crippen molar-refractivity contribution in [2.24, 2.45) is 29.1 Å². The summed E-state index contributed by atoms with van der Waals surface area (Å²) < 4.78 is 0. The number of carbonyl (C=O) groups is 1. The van der Waals surface area contributed by atoms with Gasteiger partial charge in [-0.05, 0) is 76.0 Å². The molecule has 0 aromatic carbocycles. The molecular weight excluding hydrogens is 396 g/mol. The average Bonchev–Trinajstić information content (AvgIpc) is 2.73. The van der Waals surface area contributed by atoms with E-state index in [-0.39, 0.29) is 6.61 Å². The Labute approximate surface area is 198 Å². The summed E-state index contributed by atoms with van der Waals surface area (Å²) in [4.78, 5) is 11.2. The number of hydrogen-bond donors (Lipinski definition) is 2. The molecule has 5 atom stereocenters. The van der Waals surface area contributed by atoms with Gasteiger partial charge in [-0.1, -0.05) is 89.1 Å². The first kappa shape index (κ1) is 30.4. The van der Waals surface area contributed by atoms with Crippen LogP contribution in [-0.4, -0.2) is 22.8 Å². The summed E-state index contributed by atoms with van der Waals surface area (Å²) in [6, 6.07) is 0. The van der Waals surface area contributed by atoms with Gasteiger partial charge in [-0.3, -0.25) is 4.79 Å². The number of allylic oxidation sites excluding steroid dienone is 8. The SMILES string of the molecule is CCC(C)CCC=C(C)CC(C)C=CCC(C)C=CCC(C)C=CCC(C)(CO)C(=O)O. The molecule has 0 heterocycles. The smallest absolute Gasteiger partial charge is 0.312 e. The molecule has 0 saturated carbocycles. The number of rotatable bonds is 17. The van der Waals surface area contributed by atoms with Gasteiger partial charge in [-0.2, -0.15) is 0 Å². The molecule has 2 N–H and O–H groups in total. The number of aliphatic hydroxyl groups is 1. The molecule has 32 heavy (non-hydrogen) atoms. The molecule has 0 aromatic heterocycles. The summed E-state index contributed by atoms with van der Waals surface area (Å²) in [5.41, 5.74) is 0.412. The van der Waals surface area contributed by atoms with E-state index in [1.807, 2.05) is 12.2 Å². The van der Waals surface area contributed by atoms with E-state index in [1.54, 1.807) is 6.92 Å². The van der Waals surface area contributed by atoms with Crippen molar-refractivity contribution < 1.29 is 15.0 Å². The molecule has 3 nitrogen and oxygen atoms in total. The van der Waals surface area contributed by atoms with Crippen LogP contribution >= 0.6 is 0 Å². The highest BCUT2D eigenvalue weighted by atomic mass is 16.4. The van der Waals surface area contributed by atoms with Crippen LogP contribution in [-0.2, 0) is 4.79 Å². The van der Waals surface area contributed by atoms with Crippen LogP contribution in [0.25, 0.3) is 0 Å². The second kappa shape index (κ2) is 16.9. The Morgan fingerprint density at radius 1 is 0.938 bits per heavy atom. The molecule has 5 unspecified atom stereocenters. The summed E-state index contributed by atoms with van der Waals surface area (Å²) in [6.45, 7) is 14.7. The maximum atomic E-state index is 11.2. The molecule has 0 bridgehead atoms. The zero-order valence-corrected chi connectivity index (χ0v) is 21.8. The predicted molar refractivity (Wildman–Crippen MR) is 139 cm³/mol. The van der Waals surface area contributed by atoms with E-state index in [1.165, 1.54) is 24.8 Å². The maximum Gasteiger partial charge on any atom is 0.312 e. The highest BCUT2D eigenvalue weighted by Crippen LogP contribution is 2.22. The van der Waals surface area contributed by atoms with E-state index in [9.17, 15) is 15.0 Å². The van der Waals surface area contributed by atoms with E-state index in [0.717, 1.165) is 25.2 Å². The Hall–Kier alpha value is -1.61. The predicted octanol–water partition coefficient (Wildman–Crippen LogP) is 7.98. The fourth-order valence-corrected chi connectivity index (χ4v) is 3.47. The Balaban J connectivity index is 4.27. The van der Waals surface area contributed by atoms with Crippen LogP contribution in [0.1, 0.15) is 93.4 Å². The second-order valence-corrected chi connectivity index (χ2v) is 10.3. The Kier molecular flexibility index (Phi) is 16.1. The molecule has 0 amide bonds. The summed E-state index contributed by atoms with van der Waals surface area (Å²) in [7, 11) is 0. The lowest BCUT2D eigenvalue weighted by Crippen LogP contribution is -2.30. The summed E-state index contributed by atoms with van der Waals surface area (Å²) in [5, 5.41) is 18.5. The topological polar surface area (TPSA) is 57.5 Å². The second-order valence-electron chi connectivity index (χ2n) is 10.3. The van der Waals surface area contributed by atoms with Crippen LogP contribution in [0.2, 0.25) is 0 Å². The minimum absolute atomic E-state index is 0.346. The Bertz CT molecular complexity index is 628. The standard InChI is InChI=1S/C29H50O3/c1-8-23(2)13-9-17-26(5)21-27(6)18-11-16-24(3)14-10-15-25(4)19-12-20-29(7,22-30)28(31)32/h10-12,14,17-19,23-25,27,30H,8-9,13,15-16,20-22H2,1-7H3,(H,31,32). The lowest BCUT2D eigenvalue weighted by molar-refractivity contribution is -0.150. The molecule has 0 saturated heterocycles. The zero-order valence-electron chi connectivity index (χ0n) is 21.8. The average molecular weight is 447 g/mol. The van der Waals surface area contributed by atoms with Crippen LogP contribution < -0.4 is 0 Å². The van der Waals surface area contributed by atoms with Crippen molar-refractivity contribution >= 4 is 5.97 Å². The first-order chi connectivity index (χ1) is 15.0. The highest BCUT2D eigenvalue weighted by Gasteiger charge is 2.30. The van der Waals surface area contributed by atoms with E-state index in [2.05, 4.69) is 71.9 Å². The molecule has 0 spiro atoms. The zero-order chi connectivity index (χ0) is 24.6. The Morgan fingerprint density at radius 3 is 1.97 bits per heavy atom. The first-order valence-electron chi connectivity index (χ1n) is 12.5. The van der Waals surface area contributed by atoms with Crippen molar-refractivity contribution in [2.45, 2.75) is 93.4 Å². The van der Waals surface area contributed by atoms with E-state index in [0.29, 0.717) is 24.2 Å². The van der Waals surface area contributed by atoms with Crippen molar-refractivity contribution in [3.8, 4) is 0 Å². The third-order valence-electron chi connectivity index (χ3n) is 6.34. The molecule has 0 fully saturated rings. The van der Waals surface area contributed by atoms with Gasteiger partial charge in [0.15, 0.2) is 0 Å². The van der Waals surface area contributed by atoms with E-state index in [4.69, 9.17) is 0 Å². The first-order valence-corrected chi connectivity index (χ1v) is 12.5. The molecule has 0 aliphatic rings. The number of carboxylic acid groups (broad SMARTS) is 1. The van der Waals surface area contributed by atoms with Crippen molar-refractivity contribution in [1.82, 2.24) is 0 Å². The summed E-state index contributed by atoms with van der Waals surface area (Å²) in [6.07, 6.45) is 22.8. The number of aliphatic hydroxyl groups excluding tert-OH is 1. The lowest BCUT2D eigenvalue weighted by atomic mass is 9.87. The van der Waals surface area contributed by atoms with Crippen molar-refractivity contribution in [2.75, 3.05) is 6.61 Å². The highest BCUT2D eigenvalue weighted by molar-refractivity contribution is 5.74. The largest absolute Gasteiger partial charge is 0.481 e. The quantitative estimate of drug-likeness (QED) is 0.223. The number of carboxylic acids is 1. The van der Waals surface area contributed by atoms with Crippen molar-refractivity contribution in [3.05, 3.63) is 48.1 Å². The van der Waals surface area contributed by atoms with Gasteiger partial charge in [0.2, 0.25) is 0 Å². The third-order valence-corrected chi connectivity index (χ3v) is 6.34. The van der Waals surface area contributed by atoms with Gasteiger partial charge in [0.05, 0.1) is 12.0 Å². The molecule has 0 rings (SSSR count). The van der Waals surface area contributed by atoms with Crippen molar-refractivity contribution in [3.63, 3.8) is 0 Å². The van der Waals surface area contributed by atoms with Crippen LogP contribution in [0.4, 0.5) is 0 Å². The lowest BCUT2D eigenvalue weighted by Gasteiger charge is -2.19. The monoisotopic (exact) mass is 446 g/mol. The Morgan fingerprint density at radius 2 is 1.47 bits per heavy atom. The molecule has 184 valence electrons. The number of aliphatic carboxylic acids is 1. The van der Waals surface area contributed by atoms with Gasteiger partial charge in [-0.15, -0.1) is 0 Å². The number of hydrogen-bond acceptors (Lipinski definition) is 2. The van der Waals surface area contributed by atoms with Gasteiger partial charge in [0.1, 0.15) is 0 Å². The van der Waals surface area contributed by atoms with Crippen LogP contribution in [0.3, 0.4) is 0 Å². The summed E-state index contributed by atoms with van der Waals surface area (Å²) >= 11 is 0. The van der Waals surface area contributed by atoms with Gasteiger partial charge in [0, 0.05) is 0 Å². The van der Waals surface area contributed by atoms with Crippen LogP contribution in [0.5, 0.6) is 0 Å². The van der Waals surface area contributed by atoms with E-state index >= 15 is 0 Å². The van der Waals surface area contributed by atoms with Gasteiger partial charge >= 0.3 is 5.97 Å². The molecule has 0 aromatic rings. The normalized spacial score (nSPS) is 18.8. The molecule has 0 radical (unpaired) electrons. The fourth-order valence-electron chi connectivity index (χ4n) is 3.47. The van der Waals surface area contributed by atoms with E-state index < -0.39 is 11.4 Å².